The largest absolute Gasteiger partial charge is 0.357 e. The smallest absolute Gasteiger partial charge is 0.253 e. The van der Waals surface area contributed by atoms with Gasteiger partial charge < -0.3 is 15.5 Å². The van der Waals surface area contributed by atoms with E-state index in [2.05, 4.69) is 17.6 Å². The van der Waals surface area contributed by atoms with E-state index < -0.39 is 10.8 Å². The Kier molecular flexibility index (Phi) is 9.37. The Labute approximate surface area is 189 Å². The van der Waals surface area contributed by atoms with E-state index in [4.69, 9.17) is 4.99 Å². The zero-order chi connectivity index (χ0) is 22.1. The summed E-state index contributed by atoms with van der Waals surface area (Å²) in [5.74, 6) is 1.69. The Hall–Kier alpha value is -1.89. The number of guanidine groups is 1. The van der Waals surface area contributed by atoms with E-state index in [0.29, 0.717) is 17.8 Å². The summed E-state index contributed by atoms with van der Waals surface area (Å²) in [6, 6.07) is 8.18. The minimum atomic E-state index is -0.726. The van der Waals surface area contributed by atoms with E-state index in [9.17, 15) is 9.00 Å². The van der Waals surface area contributed by atoms with Gasteiger partial charge in [0, 0.05) is 53.0 Å². The van der Waals surface area contributed by atoms with E-state index in [1.165, 1.54) is 6.42 Å². The van der Waals surface area contributed by atoms with Crippen LogP contribution in [0.25, 0.3) is 0 Å². The standard InChI is InChI=1S/C24H38N4O2S/c1-3-25-24(27-21-9-8-10-22(17-21)31(30)4-2)26-18-19-11-13-20(14-12-19)23(29)28-15-6-5-7-16-28/h11-14,21-22H,3-10,15-18H2,1-2H3,(H2,25,26,27). The Balaban J connectivity index is 1.57. The molecule has 2 N–H and O–H groups in total. The average molecular weight is 447 g/mol. The lowest BCUT2D eigenvalue weighted by atomic mass is 9.95. The second kappa shape index (κ2) is 12.2. The summed E-state index contributed by atoms with van der Waals surface area (Å²) in [5.41, 5.74) is 1.85. The van der Waals surface area contributed by atoms with Crippen LogP contribution in [-0.4, -0.2) is 57.7 Å². The van der Waals surface area contributed by atoms with Crippen LogP contribution in [0, 0.1) is 0 Å². The number of likely N-dealkylation sites (tertiary alicyclic amines) is 1. The summed E-state index contributed by atoms with van der Waals surface area (Å²) in [5, 5.41) is 7.18. The maximum atomic E-state index is 12.6. The summed E-state index contributed by atoms with van der Waals surface area (Å²) < 4.78 is 12.2. The van der Waals surface area contributed by atoms with Gasteiger partial charge in [-0.05, 0) is 63.1 Å². The highest BCUT2D eigenvalue weighted by Crippen LogP contribution is 2.23. The SMILES string of the molecule is CCNC(=NCc1ccc(C(=O)N2CCCCC2)cc1)NC1CCCC(S(=O)CC)C1. The van der Waals surface area contributed by atoms with Crippen LogP contribution in [0.1, 0.15) is 74.7 Å². The third kappa shape index (κ3) is 7.06. The van der Waals surface area contributed by atoms with Crippen molar-refractivity contribution in [1.82, 2.24) is 15.5 Å². The van der Waals surface area contributed by atoms with E-state index in [1.807, 2.05) is 36.1 Å². The van der Waals surface area contributed by atoms with E-state index in [0.717, 1.165) is 81.0 Å². The fourth-order valence-electron chi connectivity index (χ4n) is 4.47. The Bertz CT molecular complexity index is 759. The molecule has 1 aliphatic heterocycles. The van der Waals surface area contributed by atoms with Gasteiger partial charge in [-0.25, -0.2) is 4.99 Å². The van der Waals surface area contributed by atoms with Gasteiger partial charge in [-0.3, -0.25) is 9.00 Å². The van der Waals surface area contributed by atoms with Gasteiger partial charge in [0.1, 0.15) is 0 Å². The number of rotatable bonds is 7. The number of carbonyl (C=O) groups excluding carboxylic acids is 1. The molecule has 1 saturated carbocycles. The van der Waals surface area contributed by atoms with E-state index in [-0.39, 0.29) is 5.91 Å². The zero-order valence-electron chi connectivity index (χ0n) is 19.1. The fraction of sp³-hybridized carbons (Fsp3) is 0.667. The first-order valence-corrected chi connectivity index (χ1v) is 13.3. The van der Waals surface area contributed by atoms with Gasteiger partial charge >= 0.3 is 0 Å². The number of hydrogen-bond acceptors (Lipinski definition) is 3. The highest BCUT2D eigenvalue weighted by Gasteiger charge is 2.26. The first-order chi connectivity index (χ1) is 15.1. The molecule has 1 heterocycles. The van der Waals surface area contributed by atoms with Crippen LogP contribution in [0.2, 0.25) is 0 Å². The molecular formula is C24H38N4O2S. The van der Waals surface area contributed by atoms with Crippen molar-refractivity contribution in [3.63, 3.8) is 0 Å². The maximum Gasteiger partial charge on any atom is 0.253 e. The molecule has 172 valence electrons. The number of nitrogens with one attached hydrogen (secondary N) is 2. The predicted octanol–water partition coefficient (Wildman–Crippen LogP) is 3.45. The van der Waals surface area contributed by atoms with Crippen LogP contribution in [0.5, 0.6) is 0 Å². The molecule has 1 aromatic carbocycles. The summed E-state index contributed by atoms with van der Waals surface area (Å²) in [4.78, 5) is 19.4. The minimum Gasteiger partial charge on any atom is -0.357 e. The molecule has 1 saturated heterocycles. The van der Waals surface area contributed by atoms with Crippen molar-refractivity contribution >= 4 is 22.7 Å². The molecule has 3 atom stereocenters. The van der Waals surface area contributed by atoms with Crippen LogP contribution in [-0.2, 0) is 17.3 Å². The number of aliphatic imine (C=N–C) groups is 1. The van der Waals surface area contributed by atoms with Crippen molar-refractivity contribution in [3.8, 4) is 0 Å². The number of piperidine rings is 1. The first kappa shape index (κ1) is 23.8. The van der Waals surface area contributed by atoms with Crippen LogP contribution in [0.4, 0.5) is 0 Å². The highest BCUT2D eigenvalue weighted by atomic mass is 32.2. The van der Waals surface area contributed by atoms with Gasteiger partial charge in [0.25, 0.3) is 5.91 Å². The molecule has 1 aliphatic carbocycles. The molecule has 0 aromatic heterocycles. The Morgan fingerprint density at radius 2 is 1.84 bits per heavy atom. The van der Waals surface area contributed by atoms with Crippen LogP contribution in [0.3, 0.4) is 0 Å². The van der Waals surface area contributed by atoms with Gasteiger partial charge in [-0.1, -0.05) is 25.5 Å². The monoisotopic (exact) mass is 446 g/mol. The second-order valence-electron chi connectivity index (χ2n) is 8.54. The van der Waals surface area contributed by atoms with Gasteiger partial charge in [0.05, 0.1) is 6.54 Å². The molecule has 2 aliphatic rings. The van der Waals surface area contributed by atoms with Crippen molar-refractivity contribution < 1.29 is 9.00 Å². The summed E-state index contributed by atoms with van der Waals surface area (Å²) >= 11 is 0. The molecule has 0 radical (unpaired) electrons. The lowest BCUT2D eigenvalue weighted by Crippen LogP contribution is -2.46. The number of carbonyl (C=O) groups is 1. The van der Waals surface area contributed by atoms with Crippen LogP contribution < -0.4 is 10.6 Å². The number of benzene rings is 1. The highest BCUT2D eigenvalue weighted by molar-refractivity contribution is 7.85. The molecule has 6 nitrogen and oxygen atoms in total. The molecule has 0 bridgehead atoms. The van der Waals surface area contributed by atoms with Gasteiger partial charge in [0.15, 0.2) is 5.96 Å². The molecular weight excluding hydrogens is 408 g/mol. The summed E-state index contributed by atoms with van der Waals surface area (Å²) in [6.45, 7) is 7.17. The molecule has 7 heteroatoms. The lowest BCUT2D eigenvalue weighted by molar-refractivity contribution is 0.0724. The molecule has 3 unspecified atom stereocenters. The topological polar surface area (TPSA) is 73.8 Å². The predicted molar refractivity (Wildman–Crippen MR) is 129 cm³/mol. The molecule has 31 heavy (non-hydrogen) atoms. The average Bonchev–Trinajstić information content (AvgIpc) is 2.83. The number of nitrogens with zero attached hydrogens (tertiary/aromatic N) is 2. The Morgan fingerprint density at radius 1 is 1.10 bits per heavy atom. The molecule has 1 aromatic rings. The molecule has 2 fully saturated rings. The fourth-order valence-corrected chi connectivity index (χ4v) is 5.81. The van der Waals surface area contributed by atoms with Gasteiger partial charge in [-0.15, -0.1) is 0 Å². The molecule has 3 rings (SSSR count). The van der Waals surface area contributed by atoms with Crippen LogP contribution >= 0.6 is 0 Å². The van der Waals surface area contributed by atoms with Crippen molar-refractivity contribution in [3.05, 3.63) is 35.4 Å². The van der Waals surface area contributed by atoms with Gasteiger partial charge in [-0.2, -0.15) is 0 Å². The second-order valence-corrected chi connectivity index (χ2v) is 10.5. The maximum absolute atomic E-state index is 12.6. The first-order valence-electron chi connectivity index (χ1n) is 11.9. The van der Waals surface area contributed by atoms with Crippen molar-refractivity contribution in [1.29, 1.82) is 0 Å². The normalized spacial score (nSPS) is 23.3. The Morgan fingerprint density at radius 3 is 2.52 bits per heavy atom. The lowest BCUT2D eigenvalue weighted by Gasteiger charge is -2.30. The minimum absolute atomic E-state index is 0.140. The molecule has 0 spiro atoms. The number of hydrogen-bond donors (Lipinski definition) is 2. The van der Waals surface area contributed by atoms with Crippen LogP contribution in [0.15, 0.2) is 29.3 Å². The molecule has 1 amide bonds. The van der Waals surface area contributed by atoms with Crippen molar-refractivity contribution in [2.45, 2.75) is 76.6 Å². The van der Waals surface area contributed by atoms with E-state index in [1.54, 1.807) is 0 Å². The third-order valence-electron chi connectivity index (χ3n) is 6.23. The van der Waals surface area contributed by atoms with Crippen molar-refractivity contribution in [2.75, 3.05) is 25.4 Å². The summed E-state index contributed by atoms with van der Waals surface area (Å²) in [6.07, 6.45) is 7.65. The third-order valence-corrected chi connectivity index (χ3v) is 7.97. The quantitative estimate of drug-likeness (QED) is 0.497. The number of amides is 1. The van der Waals surface area contributed by atoms with Gasteiger partial charge in [0.2, 0.25) is 0 Å². The summed E-state index contributed by atoms with van der Waals surface area (Å²) in [7, 11) is -0.726. The van der Waals surface area contributed by atoms with E-state index >= 15 is 0 Å². The van der Waals surface area contributed by atoms with Crippen molar-refractivity contribution in [2.24, 2.45) is 4.99 Å². The zero-order valence-corrected chi connectivity index (χ0v) is 19.9.